The maximum Gasteiger partial charge on any atom is 0.309 e. The normalized spacial score (nSPS) is 21.7. The molecule has 1 aliphatic heterocycles. The van der Waals surface area contributed by atoms with Crippen LogP contribution in [0.1, 0.15) is 59.3 Å². The number of hydrogen-bond donors (Lipinski definition) is 2. The Balaban J connectivity index is 2.12. The monoisotopic (exact) mass is 388 g/mol. The van der Waals surface area contributed by atoms with Gasteiger partial charge >= 0.3 is 5.97 Å². The largest absolute Gasteiger partial charge is 0.481 e. The van der Waals surface area contributed by atoms with Gasteiger partial charge in [0.25, 0.3) is 0 Å². The molecule has 1 aliphatic rings. The van der Waals surface area contributed by atoms with Crippen LogP contribution in [0.15, 0.2) is 60.8 Å². The van der Waals surface area contributed by atoms with Gasteiger partial charge in [0.2, 0.25) is 0 Å². The van der Waals surface area contributed by atoms with Gasteiger partial charge in [0.1, 0.15) is 6.10 Å². The van der Waals surface area contributed by atoms with E-state index in [9.17, 15) is 9.90 Å². The van der Waals surface area contributed by atoms with Crippen LogP contribution in [0.5, 0.6) is 0 Å². The number of carboxylic acid groups (broad SMARTS) is 1. The van der Waals surface area contributed by atoms with Crippen molar-refractivity contribution >= 4 is 5.97 Å². The zero-order chi connectivity index (χ0) is 20.8. The van der Waals surface area contributed by atoms with Crippen LogP contribution in [0.25, 0.3) is 0 Å². The van der Waals surface area contributed by atoms with Crippen molar-refractivity contribution in [2.75, 3.05) is 0 Å². The average Bonchev–Trinajstić information content (AvgIpc) is 3.37. The first-order valence-corrected chi connectivity index (χ1v) is 10.2. The van der Waals surface area contributed by atoms with Crippen LogP contribution in [0.2, 0.25) is 0 Å². The summed E-state index contributed by atoms with van der Waals surface area (Å²) in [7, 11) is 0. The lowest BCUT2D eigenvalue weighted by molar-refractivity contribution is -0.147. The molecule has 4 nitrogen and oxygen atoms in total. The van der Waals surface area contributed by atoms with Crippen molar-refractivity contribution in [2.45, 2.75) is 77.6 Å². The molecule has 1 heterocycles. The summed E-state index contributed by atoms with van der Waals surface area (Å²) in [5.74, 6) is -0.815. The van der Waals surface area contributed by atoms with Crippen LogP contribution in [0, 0.1) is 5.41 Å². The lowest BCUT2D eigenvalue weighted by Crippen LogP contribution is -2.25. The molecule has 4 heteroatoms. The van der Waals surface area contributed by atoms with Crippen LogP contribution in [0.3, 0.4) is 0 Å². The highest BCUT2D eigenvalue weighted by atomic mass is 16.6. The molecule has 28 heavy (non-hydrogen) atoms. The summed E-state index contributed by atoms with van der Waals surface area (Å²) in [6.07, 6.45) is 24.8. The number of epoxide rings is 1. The van der Waals surface area contributed by atoms with Crippen LogP contribution in [0.4, 0.5) is 0 Å². The predicted molar refractivity (Wildman–Crippen MR) is 115 cm³/mol. The number of aliphatic hydroxyl groups is 1. The quantitative estimate of drug-likeness (QED) is 0.310. The van der Waals surface area contributed by atoms with Gasteiger partial charge in [0.15, 0.2) is 0 Å². The molecule has 0 spiro atoms. The van der Waals surface area contributed by atoms with Crippen molar-refractivity contribution in [3.05, 3.63) is 60.8 Å². The minimum absolute atomic E-state index is 0.0630. The number of carboxylic acids is 1. The number of aliphatic hydroxyl groups excluding tert-OH is 1. The van der Waals surface area contributed by atoms with Gasteiger partial charge in [-0.25, -0.2) is 0 Å². The van der Waals surface area contributed by atoms with Gasteiger partial charge in [-0.3, -0.25) is 4.79 Å². The van der Waals surface area contributed by atoms with E-state index in [-0.39, 0.29) is 12.2 Å². The van der Waals surface area contributed by atoms with Crippen LogP contribution >= 0.6 is 0 Å². The van der Waals surface area contributed by atoms with E-state index in [1.165, 1.54) is 0 Å². The summed E-state index contributed by atoms with van der Waals surface area (Å²) in [5, 5.41) is 19.1. The minimum atomic E-state index is -0.815. The van der Waals surface area contributed by atoms with Gasteiger partial charge in [0.05, 0.1) is 17.6 Å². The van der Waals surface area contributed by atoms with E-state index in [0.29, 0.717) is 12.8 Å². The number of hydrogen-bond acceptors (Lipinski definition) is 3. The molecule has 3 unspecified atom stereocenters. The summed E-state index contributed by atoms with van der Waals surface area (Å²) in [5.41, 5.74) is -0.788. The molecule has 1 fully saturated rings. The fourth-order valence-electron chi connectivity index (χ4n) is 2.61. The Morgan fingerprint density at radius 2 is 1.54 bits per heavy atom. The van der Waals surface area contributed by atoms with Gasteiger partial charge in [-0.2, -0.15) is 0 Å². The van der Waals surface area contributed by atoms with Crippen molar-refractivity contribution < 1.29 is 19.7 Å². The highest BCUT2D eigenvalue weighted by molar-refractivity contribution is 5.73. The number of carbonyl (C=O) groups is 1. The maximum atomic E-state index is 11.1. The third kappa shape index (κ3) is 11.1. The summed E-state index contributed by atoms with van der Waals surface area (Å²) in [6, 6.07) is 0. The van der Waals surface area contributed by atoms with Gasteiger partial charge < -0.3 is 14.9 Å². The first-order chi connectivity index (χ1) is 13.4. The molecule has 0 aromatic carbocycles. The van der Waals surface area contributed by atoms with Gasteiger partial charge in [-0.1, -0.05) is 67.7 Å². The Kier molecular flexibility index (Phi) is 11.5. The van der Waals surface area contributed by atoms with E-state index in [1.807, 2.05) is 18.2 Å². The standard InChI is InChI=1S/C24H36O4/c1-4-5-6-7-8-9-10-11-12-13-14-15-16-20(25)17-18-21-22(28-21)19-24(2,3)23(26)27/h5-6,8-9,11-12,14-15,17-18,20-22,25H,4,7,10,13,16,19H2,1-3H3,(H,26,27)/b6-5-,9-8-,12-11-,15-14-,18-17+. The molecule has 156 valence electrons. The fraction of sp³-hybridized carbons (Fsp3) is 0.542. The molecule has 0 bridgehead atoms. The second-order valence-corrected chi connectivity index (χ2v) is 7.72. The first kappa shape index (κ1) is 24.1. The van der Waals surface area contributed by atoms with Crippen molar-refractivity contribution in [1.29, 1.82) is 0 Å². The smallest absolute Gasteiger partial charge is 0.309 e. The second-order valence-electron chi connectivity index (χ2n) is 7.72. The van der Waals surface area contributed by atoms with Crippen LogP contribution < -0.4 is 0 Å². The average molecular weight is 389 g/mol. The number of ether oxygens (including phenoxy) is 1. The Bertz CT molecular complexity index is 596. The Morgan fingerprint density at radius 3 is 2.07 bits per heavy atom. The molecular formula is C24H36O4. The van der Waals surface area contributed by atoms with Crippen molar-refractivity contribution in [3.63, 3.8) is 0 Å². The molecule has 2 N–H and O–H groups in total. The molecule has 0 radical (unpaired) electrons. The van der Waals surface area contributed by atoms with E-state index in [4.69, 9.17) is 9.84 Å². The van der Waals surface area contributed by atoms with Crippen LogP contribution in [-0.2, 0) is 9.53 Å². The third-order valence-electron chi connectivity index (χ3n) is 4.53. The van der Waals surface area contributed by atoms with E-state index >= 15 is 0 Å². The Morgan fingerprint density at radius 1 is 1.00 bits per heavy atom. The third-order valence-corrected chi connectivity index (χ3v) is 4.53. The van der Waals surface area contributed by atoms with Crippen molar-refractivity contribution in [3.8, 4) is 0 Å². The molecule has 0 saturated carbocycles. The van der Waals surface area contributed by atoms with E-state index < -0.39 is 17.5 Å². The Hall–Kier alpha value is -1.91. The molecule has 0 aliphatic carbocycles. The number of rotatable bonds is 14. The SMILES string of the molecule is CC/C=C\C/C=C\C/C=C\C/C=C\CC(O)/C=C/C1OC1CC(C)(C)C(=O)O. The maximum absolute atomic E-state index is 11.1. The van der Waals surface area contributed by atoms with Crippen molar-refractivity contribution in [2.24, 2.45) is 5.41 Å². The summed E-state index contributed by atoms with van der Waals surface area (Å²) < 4.78 is 5.47. The zero-order valence-electron chi connectivity index (χ0n) is 17.5. The highest BCUT2D eigenvalue weighted by Gasteiger charge is 2.43. The lowest BCUT2D eigenvalue weighted by atomic mass is 9.87. The zero-order valence-corrected chi connectivity index (χ0v) is 17.5. The van der Waals surface area contributed by atoms with E-state index in [2.05, 4.69) is 43.4 Å². The predicted octanol–water partition coefficient (Wildman–Crippen LogP) is 5.37. The highest BCUT2D eigenvalue weighted by Crippen LogP contribution is 2.35. The lowest BCUT2D eigenvalue weighted by Gasteiger charge is -2.16. The minimum Gasteiger partial charge on any atom is -0.481 e. The van der Waals surface area contributed by atoms with E-state index in [0.717, 1.165) is 25.7 Å². The van der Waals surface area contributed by atoms with E-state index in [1.54, 1.807) is 19.9 Å². The molecule has 0 aromatic rings. The summed E-state index contributed by atoms with van der Waals surface area (Å²) >= 11 is 0. The molecular weight excluding hydrogens is 352 g/mol. The topological polar surface area (TPSA) is 70.1 Å². The Labute approximate surface area is 170 Å². The van der Waals surface area contributed by atoms with Crippen molar-refractivity contribution in [1.82, 2.24) is 0 Å². The van der Waals surface area contributed by atoms with Gasteiger partial charge in [-0.05, 0) is 52.4 Å². The molecule has 1 rings (SSSR count). The number of allylic oxidation sites excluding steroid dienone is 7. The van der Waals surface area contributed by atoms with Gasteiger partial charge in [0, 0.05) is 0 Å². The van der Waals surface area contributed by atoms with Gasteiger partial charge in [-0.15, -0.1) is 0 Å². The summed E-state index contributed by atoms with van der Waals surface area (Å²) in [4.78, 5) is 11.1. The molecule has 1 saturated heterocycles. The molecule has 3 atom stereocenters. The molecule has 0 aromatic heterocycles. The van der Waals surface area contributed by atoms with Crippen LogP contribution in [-0.4, -0.2) is 34.5 Å². The first-order valence-electron chi connectivity index (χ1n) is 10.2. The number of aliphatic carboxylic acids is 1. The summed E-state index contributed by atoms with van der Waals surface area (Å²) in [6.45, 7) is 5.54. The second kappa shape index (κ2) is 13.3. The fourth-order valence-corrected chi connectivity index (χ4v) is 2.61. The molecule has 0 amide bonds.